The summed E-state index contributed by atoms with van der Waals surface area (Å²) < 4.78 is 96.1. The Kier molecular flexibility index (Phi) is 7.74. The number of halogens is 8. The molecule has 1 saturated carbocycles. The first kappa shape index (κ1) is 31.4. The number of hydrogen-bond donors (Lipinski definition) is 4. The zero-order valence-corrected chi connectivity index (χ0v) is 24.2. The molecule has 3 heterocycles. The van der Waals surface area contributed by atoms with Gasteiger partial charge in [-0.3, -0.25) is 9.99 Å². The molecule has 0 unspecified atom stereocenters. The smallest absolute Gasteiger partial charge is 0.382 e. The number of aromatic nitrogens is 2. The zero-order valence-electron chi connectivity index (χ0n) is 23.5. The predicted octanol–water partition coefficient (Wildman–Crippen LogP) is 7.02. The van der Waals surface area contributed by atoms with Gasteiger partial charge in [0.2, 0.25) is 5.95 Å². The van der Waals surface area contributed by atoms with Crippen molar-refractivity contribution in [1.82, 2.24) is 25.9 Å². The summed E-state index contributed by atoms with van der Waals surface area (Å²) in [5.41, 5.74) is 2.51. The molecular formula is C28H26ClF7N8. The lowest BCUT2D eigenvalue weighted by molar-refractivity contribution is -0.206. The number of benzene rings is 1. The van der Waals surface area contributed by atoms with E-state index in [1.807, 2.05) is 6.07 Å². The van der Waals surface area contributed by atoms with Gasteiger partial charge in [-0.25, -0.2) is 4.98 Å². The molecule has 0 bridgehead atoms. The summed E-state index contributed by atoms with van der Waals surface area (Å²) in [7, 11) is 0. The van der Waals surface area contributed by atoms with Gasteiger partial charge in [0.1, 0.15) is 6.07 Å². The first-order valence-electron chi connectivity index (χ1n) is 13.3. The summed E-state index contributed by atoms with van der Waals surface area (Å²) in [6.07, 6.45) is -6.80. The molecule has 0 amide bonds. The third kappa shape index (κ3) is 5.63. The van der Waals surface area contributed by atoms with E-state index in [9.17, 15) is 36.0 Å². The highest BCUT2D eigenvalue weighted by Gasteiger charge is 2.67. The van der Waals surface area contributed by atoms with E-state index in [2.05, 4.69) is 31.6 Å². The number of alkyl halides is 6. The topological polar surface area (TPSA) is 101 Å². The van der Waals surface area contributed by atoms with Gasteiger partial charge in [-0.1, -0.05) is 17.7 Å². The fraction of sp³-hybridized carbons (Fsp3) is 0.393. The van der Waals surface area contributed by atoms with Gasteiger partial charge in [0, 0.05) is 41.3 Å². The lowest BCUT2D eigenvalue weighted by Crippen LogP contribution is -2.52. The predicted molar refractivity (Wildman–Crippen MR) is 149 cm³/mol. The molecule has 2 aliphatic rings. The van der Waals surface area contributed by atoms with E-state index < -0.39 is 41.8 Å². The maximum atomic E-state index is 13.9. The molecule has 1 aliphatic carbocycles. The Labute approximate surface area is 252 Å². The van der Waals surface area contributed by atoms with Crippen LogP contribution >= 0.6 is 11.6 Å². The maximum Gasteiger partial charge on any atom is 0.413 e. The van der Waals surface area contributed by atoms with Crippen molar-refractivity contribution in [1.29, 1.82) is 5.26 Å². The summed E-state index contributed by atoms with van der Waals surface area (Å²) in [5, 5.41) is 16.9. The number of aryl methyl sites for hydroxylation is 1. The molecular weight excluding hydrogens is 617 g/mol. The third-order valence-electron chi connectivity index (χ3n) is 7.85. The number of hydrogen-bond acceptors (Lipinski definition) is 8. The van der Waals surface area contributed by atoms with Gasteiger partial charge in [0.25, 0.3) is 0 Å². The van der Waals surface area contributed by atoms with E-state index in [0.717, 1.165) is 24.9 Å². The molecule has 0 saturated heterocycles. The summed E-state index contributed by atoms with van der Waals surface area (Å²) in [5.74, 6) is -0.756. The van der Waals surface area contributed by atoms with Gasteiger partial charge in [-0.05, 0) is 51.8 Å². The van der Waals surface area contributed by atoms with Crippen molar-refractivity contribution >= 4 is 33.9 Å². The lowest BCUT2D eigenvalue weighted by atomic mass is 9.92. The monoisotopic (exact) mass is 642 g/mol. The number of nitriles is 1. The van der Waals surface area contributed by atoms with Crippen LogP contribution in [0.5, 0.6) is 0 Å². The number of rotatable bonds is 8. The van der Waals surface area contributed by atoms with Gasteiger partial charge in [0.15, 0.2) is 5.54 Å². The van der Waals surface area contributed by atoms with Crippen molar-refractivity contribution in [3.05, 3.63) is 70.2 Å². The summed E-state index contributed by atoms with van der Waals surface area (Å²) in [6.45, 7) is 3.00. The van der Waals surface area contributed by atoms with Crippen LogP contribution in [0.3, 0.4) is 0 Å². The van der Waals surface area contributed by atoms with Crippen LogP contribution in [0.15, 0.2) is 42.4 Å². The quantitative estimate of drug-likeness (QED) is 0.154. The lowest BCUT2D eigenvalue weighted by Gasteiger charge is -2.29. The second kappa shape index (κ2) is 10.8. The Balaban J connectivity index is 1.57. The van der Waals surface area contributed by atoms with Crippen LogP contribution in [0.1, 0.15) is 49.6 Å². The number of hydrazine groups is 2. The molecule has 44 heavy (non-hydrogen) atoms. The van der Waals surface area contributed by atoms with Crippen molar-refractivity contribution in [3.8, 4) is 6.07 Å². The van der Waals surface area contributed by atoms with Crippen molar-refractivity contribution in [2.75, 3.05) is 17.2 Å². The number of nitrogens with one attached hydrogen (secondary N) is 4. The average molecular weight is 643 g/mol. The molecule has 2 aromatic heterocycles. The molecule has 1 aromatic carbocycles. The molecule has 4 N–H and O–H groups in total. The highest BCUT2D eigenvalue weighted by molar-refractivity contribution is 6.35. The fourth-order valence-electron chi connectivity index (χ4n) is 4.85. The Morgan fingerprint density at radius 1 is 1.16 bits per heavy atom. The van der Waals surface area contributed by atoms with Gasteiger partial charge in [-0.2, -0.15) is 36.0 Å². The Bertz CT molecular complexity index is 1680. The van der Waals surface area contributed by atoms with Gasteiger partial charge >= 0.3 is 12.4 Å². The van der Waals surface area contributed by atoms with Crippen molar-refractivity contribution in [2.45, 2.75) is 57.5 Å². The molecule has 1 fully saturated rings. The second-order valence-corrected chi connectivity index (χ2v) is 11.8. The first-order valence-corrected chi connectivity index (χ1v) is 13.7. The summed E-state index contributed by atoms with van der Waals surface area (Å²) >= 11 is 6.54. The fourth-order valence-corrected chi connectivity index (χ4v) is 5.12. The largest absolute Gasteiger partial charge is 0.413 e. The Morgan fingerprint density at radius 2 is 1.86 bits per heavy atom. The van der Waals surface area contributed by atoms with Gasteiger partial charge in [-0.15, -0.1) is 5.53 Å². The number of anilines is 2. The highest BCUT2D eigenvalue weighted by atomic mass is 35.5. The van der Waals surface area contributed by atoms with Crippen LogP contribution in [-0.2, 0) is 0 Å². The average Bonchev–Trinajstić information content (AvgIpc) is 3.61. The van der Waals surface area contributed by atoms with Crippen LogP contribution in [0.25, 0.3) is 10.9 Å². The van der Waals surface area contributed by atoms with Crippen LogP contribution in [0.4, 0.5) is 42.1 Å². The number of fused-ring (bicyclic) bond motifs is 1. The SMILES string of the molecule is Cc1nc(F)ccc1[C@H](Nc1cc(Cl)c2ncc(C#N)c(NCC(C)(C)C(F)(F)F)c2c1)C1=CN(C2(C(F)(F)F)CC2)NN1. The van der Waals surface area contributed by atoms with E-state index >= 15 is 0 Å². The molecule has 3 aromatic rings. The first-order chi connectivity index (χ1) is 20.5. The minimum atomic E-state index is -4.54. The van der Waals surface area contributed by atoms with Gasteiger partial charge < -0.3 is 16.1 Å². The normalized spacial score (nSPS) is 17.1. The van der Waals surface area contributed by atoms with Crippen LogP contribution < -0.4 is 21.6 Å². The van der Waals surface area contributed by atoms with E-state index in [1.165, 1.54) is 37.5 Å². The van der Waals surface area contributed by atoms with Crippen molar-refractivity contribution < 1.29 is 30.7 Å². The molecule has 5 rings (SSSR count). The molecule has 234 valence electrons. The molecule has 1 aliphatic heterocycles. The molecule has 0 spiro atoms. The molecule has 1 atom stereocenters. The van der Waals surface area contributed by atoms with E-state index in [1.54, 1.807) is 0 Å². The minimum absolute atomic E-state index is 0.0271. The molecule has 16 heteroatoms. The van der Waals surface area contributed by atoms with Crippen molar-refractivity contribution in [3.63, 3.8) is 0 Å². The maximum absolute atomic E-state index is 13.9. The van der Waals surface area contributed by atoms with Gasteiger partial charge in [0.05, 0.1) is 38.9 Å². The van der Waals surface area contributed by atoms with E-state index in [4.69, 9.17) is 11.6 Å². The van der Waals surface area contributed by atoms with Crippen LogP contribution in [-0.4, -0.2) is 39.4 Å². The highest BCUT2D eigenvalue weighted by Crippen LogP contribution is 2.54. The second-order valence-electron chi connectivity index (χ2n) is 11.4. The standard InChI is InChI=1S/C28H26ClF7N8/c1-14-17(4-5-21(30)40-14)24(20-12-44(43-42-20)26(6-7-26)28(34,35)36)41-16-8-18-22(39-13-25(2,3)27(31,32)33)15(10-37)11-38-23(18)19(29)9-16/h4-5,8-9,11-12,24,41-43H,6-7,13H2,1-3H3,(H,38,39)/t24-/m0/s1. The minimum Gasteiger partial charge on any atom is -0.382 e. The van der Waals surface area contributed by atoms with E-state index in [0.29, 0.717) is 5.56 Å². The van der Waals surface area contributed by atoms with Crippen molar-refractivity contribution in [2.24, 2.45) is 5.41 Å². The molecule has 0 radical (unpaired) electrons. The molecule has 8 nitrogen and oxygen atoms in total. The number of pyridine rings is 2. The third-order valence-corrected chi connectivity index (χ3v) is 8.13. The Hall–Kier alpha value is -4.03. The Morgan fingerprint density at radius 3 is 2.45 bits per heavy atom. The summed E-state index contributed by atoms with van der Waals surface area (Å²) in [4.78, 5) is 8.06. The van der Waals surface area contributed by atoms with Crippen LogP contribution in [0.2, 0.25) is 5.02 Å². The van der Waals surface area contributed by atoms with E-state index in [-0.39, 0.29) is 57.1 Å². The zero-order chi connectivity index (χ0) is 32.2. The number of nitrogens with zero attached hydrogens (tertiary/aromatic N) is 4. The van der Waals surface area contributed by atoms with Crippen LogP contribution in [0, 0.1) is 29.6 Å². The summed E-state index contributed by atoms with van der Waals surface area (Å²) in [6, 6.07) is 6.53.